The van der Waals surface area contributed by atoms with Crippen molar-refractivity contribution >= 4 is 17.6 Å². The molecule has 0 saturated heterocycles. The van der Waals surface area contributed by atoms with E-state index in [1.165, 1.54) is 0 Å². The third-order valence-electron chi connectivity index (χ3n) is 3.71. The molecule has 0 spiro atoms. The largest absolute Gasteiger partial charge is 0.378 e. The van der Waals surface area contributed by atoms with Gasteiger partial charge in [0.1, 0.15) is 6.04 Å². The summed E-state index contributed by atoms with van der Waals surface area (Å²) in [7, 11) is 3.95. The quantitative estimate of drug-likeness (QED) is 0.712. The molecule has 3 amide bonds. The van der Waals surface area contributed by atoms with Crippen molar-refractivity contribution in [2.75, 3.05) is 19.0 Å². The Kier molecular flexibility index (Phi) is 6.69. The van der Waals surface area contributed by atoms with E-state index in [9.17, 15) is 9.59 Å². The second-order valence-corrected chi connectivity index (χ2v) is 5.65. The van der Waals surface area contributed by atoms with Gasteiger partial charge in [-0.25, -0.2) is 4.79 Å². The SMILES string of the molecule is CC[C@H](C)[C@H](NC(N)=O)C(=O)NCc1ccc(N(C)C)cc1. The lowest BCUT2D eigenvalue weighted by Gasteiger charge is -2.22. The van der Waals surface area contributed by atoms with Crippen molar-refractivity contribution in [2.24, 2.45) is 11.7 Å². The summed E-state index contributed by atoms with van der Waals surface area (Å²) in [6.45, 7) is 4.29. The molecule has 0 aliphatic carbocycles. The number of nitrogens with two attached hydrogens (primary N) is 1. The van der Waals surface area contributed by atoms with Crippen LogP contribution in [0.2, 0.25) is 0 Å². The van der Waals surface area contributed by atoms with Gasteiger partial charge in [0.05, 0.1) is 0 Å². The maximum absolute atomic E-state index is 12.2. The molecule has 1 aromatic carbocycles. The van der Waals surface area contributed by atoms with Crippen LogP contribution < -0.4 is 21.3 Å². The average Bonchev–Trinajstić information content (AvgIpc) is 2.49. The molecule has 1 aromatic rings. The van der Waals surface area contributed by atoms with Gasteiger partial charge in [-0.3, -0.25) is 4.79 Å². The number of rotatable bonds is 7. The molecule has 0 saturated carbocycles. The first kappa shape index (κ1) is 17.8. The number of hydrogen-bond acceptors (Lipinski definition) is 3. The van der Waals surface area contributed by atoms with Crippen LogP contribution in [0.1, 0.15) is 25.8 Å². The summed E-state index contributed by atoms with van der Waals surface area (Å²) in [6, 6.07) is 6.63. The minimum atomic E-state index is -0.684. The number of nitrogens with zero attached hydrogens (tertiary/aromatic N) is 1. The molecule has 0 heterocycles. The lowest BCUT2D eigenvalue weighted by molar-refractivity contribution is -0.124. The predicted octanol–water partition coefficient (Wildman–Crippen LogP) is 1.45. The molecule has 0 fully saturated rings. The summed E-state index contributed by atoms with van der Waals surface area (Å²) in [5.74, 6) is -0.201. The summed E-state index contributed by atoms with van der Waals surface area (Å²) in [5, 5.41) is 5.36. The monoisotopic (exact) mass is 306 g/mol. The Bertz CT molecular complexity index is 499. The van der Waals surface area contributed by atoms with Crippen LogP contribution in [0.3, 0.4) is 0 Å². The van der Waals surface area contributed by atoms with E-state index in [0.717, 1.165) is 17.7 Å². The summed E-state index contributed by atoms with van der Waals surface area (Å²) in [6.07, 6.45) is 0.774. The molecule has 0 unspecified atom stereocenters. The van der Waals surface area contributed by atoms with E-state index in [2.05, 4.69) is 10.6 Å². The molecular weight excluding hydrogens is 280 g/mol. The molecule has 0 aliphatic heterocycles. The zero-order valence-electron chi connectivity index (χ0n) is 13.7. The fraction of sp³-hybridized carbons (Fsp3) is 0.500. The van der Waals surface area contributed by atoms with Crippen LogP contribution in [-0.2, 0) is 11.3 Å². The van der Waals surface area contributed by atoms with Gasteiger partial charge in [0.25, 0.3) is 0 Å². The van der Waals surface area contributed by atoms with Gasteiger partial charge in [-0.2, -0.15) is 0 Å². The number of anilines is 1. The number of urea groups is 1. The Morgan fingerprint density at radius 2 is 1.82 bits per heavy atom. The molecule has 0 bridgehead atoms. The van der Waals surface area contributed by atoms with E-state index < -0.39 is 12.1 Å². The molecule has 122 valence electrons. The molecule has 6 heteroatoms. The van der Waals surface area contributed by atoms with E-state index in [1.54, 1.807) is 0 Å². The highest BCUT2D eigenvalue weighted by atomic mass is 16.2. The van der Waals surface area contributed by atoms with Gasteiger partial charge >= 0.3 is 6.03 Å². The first-order valence-corrected chi connectivity index (χ1v) is 7.45. The van der Waals surface area contributed by atoms with Gasteiger partial charge in [0.15, 0.2) is 0 Å². The fourth-order valence-corrected chi connectivity index (χ4v) is 2.07. The minimum Gasteiger partial charge on any atom is -0.378 e. The molecule has 4 N–H and O–H groups in total. The van der Waals surface area contributed by atoms with Crippen LogP contribution in [0.25, 0.3) is 0 Å². The number of benzene rings is 1. The first-order chi connectivity index (χ1) is 10.3. The maximum atomic E-state index is 12.2. The van der Waals surface area contributed by atoms with Crippen LogP contribution in [0.5, 0.6) is 0 Å². The van der Waals surface area contributed by atoms with Crippen molar-refractivity contribution < 1.29 is 9.59 Å². The number of nitrogens with one attached hydrogen (secondary N) is 2. The Morgan fingerprint density at radius 1 is 1.23 bits per heavy atom. The molecule has 0 aromatic heterocycles. The van der Waals surface area contributed by atoms with Crippen LogP contribution in [-0.4, -0.2) is 32.1 Å². The third-order valence-corrected chi connectivity index (χ3v) is 3.71. The van der Waals surface area contributed by atoms with E-state index in [4.69, 9.17) is 5.73 Å². The molecule has 6 nitrogen and oxygen atoms in total. The van der Waals surface area contributed by atoms with Crippen molar-refractivity contribution in [3.8, 4) is 0 Å². The minimum absolute atomic E-state index is 0.0172. The van der Waals surface area contributed by atoms with E-state index in [1.807, 2.05) is 57.1 Å². The standard InChI is InChI=1S/C16H26N4O2/c1-5-11(2)14(19-16(17)22)15(21)18-10-12-6-8-13(9-7-12)20(3)4/h6-9,11,14H,5,10H2,1-4H3,(H,18,21)(H3,17,19,22)/t11-,14-/m0/s1. The second kappa shape index (κ2) is 8.26. The lowest BCUT2D eigenvalue weighted by atomic mass is 9.98. The number of carbonyl (C=O) groups excluding carboxylic acids is 2. The fourth-order valence-electron chi connectivity index (χ4n) is 2.07. The van der Waals surface area contributed by atoms with E-state index in [0.29, 0.717) is 6.54 Å². The van der Waals surface area contributed by atoms with Gasteiger partial charge in [-0.05, 0) is 23.6 Å². The van der Waals surface area contributed by atoms with Gasteiger partial charge < -0.3 is 21.3 Å². The zero-order valence-corrected chi connectivity index (χ0v) is 13.7. The van der Waals surface area contributed by atoms with E-state index >= 15 is 0 Å². The average molecular weight is 306 g/mol. The van der Waals surface area contributed by atoms with Crippen LogP contribution >= 0.6 is 0 Å². The van der Waals surface area contributed by atoms with Gasteiger partial charge in [0, 0.05) is 26.3 Å². The third kappa shape index (κ3) is 5.27. The Hall–Kier alpha value is -2.24. The van der Waals surface area contributed by atoms with Gasteiger partial charge in [-0.15, -0.1) is 0 Å². The molecule has 22 heavy (non-hydrogen) atoms. The van der Waals surface area contributed by atoms with Crippen molar-refractivity contribution in [2.45, 2.75) is 32.9 Å². The first-order valence-electron chi connectivity index (χ1n) is 7.45. The Balaban J connectivity index is 2.63. The number of amides is 3. The highest BCUT2D eigenvalue weighted by Gasteiger charge is 2.24. The normalized spacial score (nSPS) is 13.1. The van der Waals surface area contributed by atoms with Crippen molar-refractivity contribution in [3.05, 3.63) is 29.8 Å². The van der Waals surface area contributed by atoms with Gasteiger partial charge in [-0.1, -0.05) is 32.4 Å². The number of primary amides is 1. The smallest absolute Gasteiger partial charge is 0.312 e. The van der Waals surface area contributed by atoms with E-state index in [-0.39, 0.29) is 11.8 Å². The maximum Gasteiger partial charge on any atom is 0.312 e. The highest BCUT2D eigenvalue weighted by Crippen LogP contribution is 2.12. The molecule has 2 atom stereocenters. The van der Waals surface area contributed by atoms with Crippen molar-refractivity contribution in [3.63, 3.8) is 0 Å². The zero-order chi connectivity index (χ0) is 16.7. The summed E-state index contributed by atoms with van der Waals surface area (Å²) < 4.78 is 0. The van der Waals surface area contributed by atoms with Crippen molar-refractivity contribution in [1.29, 1.82) is 0 Å². The number of carbonyl (C=O) groups is 2. The summed E-state index contributed by atoms with van der Waals surface area (Å²) in [4.78, 5) is 25.3. The van der Waals surface area contributed by atoms with Crippen LogP contribution in [0.15, 0.2) is 24.3 Å². The Labute approximate surface area is 132 Å². The van der Waals surface area contributed by atoms with Gasteiger partial charge in [0.2, 0.25) is 5.91 Å². The summed E-state index contributed by atoms with van der Waals surface area (Å²) >= 11 is 0. The molecular formula is C16H26N4O2. The highest BCUT2D eigenvalue weighted by molar-refractivity contribution is 5.86. The summed E-state index contributed by atoms with van der Waals surface area (Å²) in [5.41, 5.74) is 7.24. The van der Waals surface area contributed by atoms with Crippen LogP contribution in [0, 0.1) is 5.92 Å². The molecule has 1 rings (SSSR count). The van der Waals surface area contributed by atoms with Crippen LogP contribution in [0.4, 0.5) is 10.5 Å². The lowest BCUT2D eigenvalue weighted by Crippen LogP contribution is -2.51. The molecule has 0 radical (unpaired) electrons. The molecule has 0 aliphatic rings. The second-order valence-electron chi connectivity index (χ2n) is 5.65. The van der Waals surface area contributed by atoms with Crippen molar-refractivity contribution in [1.82, 2.24) is 10.6 Å². The topological polar surface area (TPSA) is 87.5 Å². The number of hydrogen-bond donors (Lipinski definition) is 3. The Morgan fingerprint density at radius 3 is 2.27 bits per heavy atom. The predicted molar refractivity (Wildman–Crippen MR) is 88.6 cm³/mol.